The first-order valence-corrected chi connectivity index (χ1v) is 7.50. The first-order chi connectivity index (χ1) is 9.29. The Bertz CT molecular complexity index is 581. The summed E-state index contributed by atoms with van der Waals surface area (Å²) in [5.74, 6) is -0.760. The molecule has 5 N–H and O–H groups in total. The van der Waals surface area contributed by atoms with Gasteiger partial charge in [0.15, 0.2) is 0 Å². The van der Waals surface area contributed by atoms with Crippen LogP contribution in [-0.2, 0) is 26.0 Å². The third kappa shape index (κ3) is 5.81. The van der Waals surface area contributed by atoms with Crippen molar-refractivity contribution < 1.29 is 18.0 Å². The molecule has 0 spiro atoms. The Hall–Kier alpha value is -1.93. The van der Waals surface area contributed by atoms with Crippen LogP contribution in [-0.4, -0.2) is 26.8 Å². The lowest BCUT2D eigenvalue weighted by Crippen LogP contribution is -2.26. The second-order valence-corrected chi connectivity index (χ2v) is 5.82. The van der Waals surface area contributed by atoms with E-state index < -0.39 is 15.9 Å². The molecule has 110 valence electrons. The maximum Gasteiger partial charge on any atom is 0.238 e. The number of primary amides is 1. The Balaban J connectivity index is 2.39. The highest BCUT2D eigenvalue weighted by Gasteiger charge is 2.07. The van der Waals surface area contributed by atoms with E-state index in [2.05, 4.69) is 5.32 Å². The van der Waals surface area contributed by atoms with E-state index in [9.17, 15) is 18.0 Å². The second-order valence-electron chi connectivity index (χ2n) is 4.26. The molecule has 0 heterocycles. The normalized spacial score (nSPS) is 11.1. The molecule has 0 aromatic heterocycles. The maximum absolute atomic E-state index is 11.3. The number of sulfonamides is 1. The number of primary sulfonamides is 1. The standard InChI is InChI=1S/C12H17N3O4S/c13-11(16)5-6-12(17)15-8-7-9-1-3-10(4-2-9)20(14,18)19/h1-4H,5-8H2,(H2,13,16)(H,15,17)(H2,14,18,19). The van der Waals surface area contributed by atoms with E-state index in [0.29, 0.717) is 13.0 Å². The molecule has 2 amide bonds. The predicted molar refractivity (Wildman–Crippen MR) is 73.0 cm³/mol. The number of nitrogens with two attached hydrogens (primary N) is 2. The number of carbonyl (C=O) groups excluding carboxylic acids is 2. The molecule has 8 heteroatoms. The minimum Gasteiger partial charge on any atom is -0.370 e. The van der Waals surface area contributed by atoms with Gasteiger partial charge in [-0.1, -0.05) is 12.1 Å². The van der Waals surface area contributed by atoms with Crippen LogP contribution in [0.5, 0.6) is 0 Å². The summed E-state index contributed by atoms with van der Waals surface area (Å²) < 4.78 is 22.1. The van der Waals surface area contributed by atoms with E-state index in [4.69, 9.17) is 10.9 Å². The zero-order valence-electron chi connectivity index (χ0n) is 10.8. The van der Waals surface area contributed by atoms with Crippen LogP contribution in [0, 0.1) is 0 Å². The first kappa shape index (κ1) is 16.1. The molecule has 0 aliphatic heterocycles. The molecule has 20 heavy (non-hydrogen) atoms. The average Bonchev–Trinajstić information content (AvgIpc) is 2.36. The molecule has 0 unspecified atom stereocenters. The number of benzene rings is 1. The first-order valence-electron chi connectivity index (χ1n) is 5.96. The lowest BCUT2D eigenvalue weighted by Gasteiger charge is -2.05. The van der Waals surface area contributed by atoms with E-state index in [-0.39, 0.29) is 23.6 Å². The van der Waals surface area contributed by atoms with Crippen molar-refractivity contribution in [2.45, 2.75) is 24.2 Å². The SMILES string of the molecule is NC(=O)CCC(=O)NCCc1ccc(S(N)(=O)=O)cc1. The van der Waals surface area contributed by atoms with Gasteiger partial charge in [-0.2, -0.15) is 0 Å². The zero-order chi connectivity index (χ0) is 15.2. The molecule has 0 saturated carbocycles. The number of nitrogens with one attached hydrogen (secondary N) is 1. The van der Waals surface area contributed by atoms with Crippen LogP contribution in [0.4, 0.5) is 0 Å². The average molecular weight is 299 g/mol. The van der Waals surface area contributed by atoms with Crippen LogP contribution in [0.25, 0.3) is 0 Å². The van der Waals surface area contributed by atoms with E-state index in [1.54, 1.807) is 12.1 Å². The third-order valence-corrected chi connectivity index (χ3v) is 3.52. The molecule has 7 nitrogen and oxygen atoms in total. The van der Waals surface area contributed by atoms with Crippen molar-refractivity contribution in [1.29, 1.82) is 0 Å². The van der Waals surface area contributed by atoms with Crippen molar-refractivity contribution in [3.05, 3.63) is 29.8 Å². The van der Waals surface area contributed by atoms with Crippen LogP contribution in [0.15, 0.2) is 29.2 Å². The van der Waals surface area contributed by atoms with Crippen LogP contribution in [0.3, 0.4) is 0 Å². The van der Waals surface area contributed by atoms with Gasteiger partial charge in [0.2, 0.25) is 21.8 Å². The summed E-state index contributed by atoms with van der Waals surface area (Å²) in [5, 5.41) is 7.62. The van der Waals surface area contributed by atoms with Gasteiger partial charge in [0, 0.05) is 19.4 Å². The smallest absolute Gasteiger partial charge is 0.238 e. The molecular formula is C12H17N3O4S. The molecule has 0 bridgehead atoms. The number of hydrogen-bond acceptors (Lipinski definition) is 4. The number of rotatable bonds is 7. The van der Waals surface area contributed by atoms with E-state index in [1.165, 1.54) is 12.1 Å². The van der Waals surface area contributed by atoms with Gasteiger partial charge in [0.05, 0.1) is 4.90 Å². The Kier molecular flexibility index (Phi) is 5.66. The molecule has 0 aliphatic carbocycles. The lowest BCUT2D eigenvalue weighted by atomic mass is 10.1. The predicted octanol–water partition coefficient (Wildman–Crippen LogP) is -0.742. The van der Waals surface area contributed by atoms with E-state index in [1.807, 2.05) is 0 Å². The fourth-order valence-electron chi connectivity index (χ4n) is 1.52. The summed E-state index contributed by atoms with van der Waals surface area (Å²) >= 11 is 0. The molecule has 0 atom stereocenters. The van der Waals surface area contributed by atoms with Crippen LogP contribution in [0.2, 0.25) is 0 Å². The lowest BCUT2D eigenvalue weighted by molar-refractivity contribution is -0.125. The monoisotopic (exact) mass is 299 g/mol. The van der Waals surface area contributed by atoms with Crippen molar-refractivity contribution in [3.63, 3.8) is 0 Å². The topological polar surface area (TPSA) is 132 Å². The highest BCUT2D eigenvalue weighted by atomic mass is 32.2. The van der Waals surface area contributed by atoms with Crippen molar-refractivity contribution >= 4 is 21.8 Å². The van der Waals surface area contributed by atoms with Gasteiger partial charge in [-0.15, -0.1) is 0 Å². The summed E-state index contributed by atoms with van der Waals surface area (Å²) in [6.45, 7) is 0.395. The number of carbonyl (C=O) groups is 2. The van der Waals surface area contributed by atoms with Gasteiger partial charge in [0.25, 0.3) is 0 Å². The highest BCUT2D eigenvalue weighted by Crippen LogP contribution is 2.08. The Morgan fingerprint density at radius 2 is 1.70 bits per heavy atom. The molecule has 0 saturated heterocycles. The summed E-state index contributed by atoms with van der Waals surface area (Å²) in [6.07, 6.45) is 0.641. The molecule has 1 aromatic carbocycles. The van der Waals surface area contributed by atoms with Gasteiger partial charge < -0.3 is 11.1 Å². The van der Waals surface area contributed by atoms with Crippen molar-refractivity contribution in [3.8, 4) is 0 Å². The second kappa shape index (κ2) is 7.01. The van der Waals surface area contributed by atoms with Gasteiger partial charge in [-0.3, -0.25) is 9.59 Å². The van der Waals surface area contributed by atoms with Crippen molar-refractivity contribution in [2.24, 2.45) is 10.9 Å². The summed E-state index contributed by atoms with van der Waals surface area (Å²) in [5.41, 5.74) is 5.80. The summed E-state index contributed by atoms with van der Waals surface area (Å²) in [4.78, 5) is 21.9. The zero-order valence-corrected chi connectivity index (χ0v) is 11.7. The number of amides is 2. The molecule has 0 fully saturated rings. The minimum atomic E-state index is -3.68. The van der Waals surface area contributed by atoms with Gasteiger partial charge >= 0.3 is 0 Å². The fraction of sp³-hybridized carbons (Fsp3) is 0.333. The molecule has 0 aliphatic rings. The van der Waals surface area contributed by atoms with Gasteiger partial charge in [-0.05, 0) is 24.1 Å². The third-order valence-electron chi connectivity index (χ3n) is 2.59. The maximum atomic E-state index is 11.3. The van der Waals surface area contributed by atoms with E-state index >= 15 is 0 Å². The minimum absolute atomic E-state index is 0.0227. The van der Waals surface area contributed by atoms with Crippen molar-refractivity contribution in [2.75, 3.05) is 6.54 Å². The Labute approximate surface area is 117 Å². The quantitative estimate of drug-likeness (QED) is 0.611. The van der Waals surface area contributed by atoms with E-state index in [0.717, 1.165) is 5.56 Å². The van der Waals surface area contributed by atoms with Crippen molar-refractivity contribution in [1.82, 2.24) is 5.32 Å². The molecule has 1 rings (SSSR count). The number of hydrogen-bond donors (Lipinski definition) is 3. The molecular weight excluding hydrogens is 282 g/mol. The summed E-state index contributed by atoms with van der Waals surface area (Å²) in [6, 6.07) is 6.10. The van der Waals surface area contributed by atoms with Gasteiger partial charge in [-0.25, -0.2) is 13.6 Å². The van der Waals surface area contributed by atoms with Crippen LogP contribution >= 0.6 is 0 Å². The molecule has 1 aromatic rings. The Morgan fingerprint density at radius 1 is 1.10 bits per heavy atom. The molecule has 0 radical (unpaired) electrons. The largest absolute Gasteiger partial charge is 0.370 e. The fourth-order valence-corrected chi connectivity index (χ4v) is 2.03. The van der Waals surface area contributed by atoms with Crippen LogP contribution in [0.1, 0.15) is 18.4 Å². The van der Waals surface area contributed by atoms with Gasteiger partial charge in [0.1, 0.15) is 0 Å². The Morgan fingerprint density at radius 3 is 2.20 bits per heavy atom. The summed E-state index contributed by atoms with van der Waals surface area (Å²) in [7, 11) is -3.68. The van der Waals surface area contributed by atoms with Crippen LogP contribution < -0.4 is 16.2 Å². The highest BCUT2D eigenvalue weighted by molar-refractivity contribution is 7.89.